The minimum absolute atomic E-state index is 0.371. The first-order chi connectivity index (χ1) is 11.7. The first-order valence-electron chi connectivity index (χ1n) is 7.30. The second kappa shape index (κ2) is 7.10. The van der Waals surface area contributed by atoms with E-state index in [1.807, 2.05) is 43.3 Å². The molecule has 0 fully saturated rings. The summed E-state index contributed by atoms with van der Waals surface area (Å²) in [4.78, 5) is 9.79. The van der Waals surface area contributed by atoms with Gasteiger partial charge in [0.05, 0.1) is 24.7 Å². The fraction of sp³-hybridized carbons (Fsp3) is 0.118. The molecule has 7 heteroatoms. The van der Waals surface area contributed by atoms with Crippen molar-refractivity contribution in [1.82, 2.24) is 8.94 Å². The number of hydrogen-bond donors (Lipinski definition) is 2. The van der Waals surface area contributed by atoms with Gasteiger partial charge in [0, 0.05) is 17.1 Å². The van der Waals surface area contributed by atoms with E-state index in [1.54, 1.807) is 29.5 Å². The van der Waals surface area contributed by atoms with Gasteiger partial charge in [-0.15, -0.1) is 0 Å². The number of methoxy groups -OCH3 is 1. The Kier molecular flexibility index (Phi) is 4.72. The number of aliphatic imine (C=N–C) groups is 1. The number of aryl methyl sites for hydroxylation is 1. The van der Waals surface area contributed by atoms with Crippen LogP contribution in [0.3, 0.4) is 0 Å². The van der Waals surface area contributed by atoms with Crippen molar-refractivity contribution < 1.29 is 4.74 Å². The van der Waals surface area contributed by atoms with Crippen molar-refractivity contribution in [3.63, 3.8) is 0 Å². The van der Waals surface area contributed by atoms with Gasteiger partial charge >= 0.3 is 0 Å². The van der Waals surface area contributed by atoms with Gasteiger partial charge in [0.15, 0.2) is 0 Å². The molecule has 2 heterocycles. The lowest BCUT2D eigenvalue weighted by atomic mass is 10.3. The smallest absolute Gasteiger partial charge is 0.223 e. The molecule has 1 aromatic carbocycles. The molecule has 3 aromatic rings. The van der Waals surface area contributed by atoms with E-state index in [4.69, 9.17) is 10.1 Å². The van der Waals surface area contributed by atoms with Crippen LogP contribution in [-0.4, -0.2) is 22.0 Å². The molecule has 0 saturated carbocycles. The molecule has 0 aliphatic rings. The molecule has 0 aliphatic heterocycles. The van der Waals surface area contributed by atoms with E-state index in [1.165, 1.54) is 11.5 Å². The van der Waals surface area contributed by atoms with Crippen LogP contribution in [-0.2, 0) is 0 Å². The Labute approximate surface area is 143 Å². The summed E-state index contributed by atoms with van der Waals surface area (Å²) in [6.07, 6.45) is 3.42. The van der Waals surface area contributed by atoms with Crippen molar-refractivity contribution in [2.45, 2.75) is 6.92 Å². The molecule has 0 bridgehead atoms. The Balaban J connectivity index is 2.05. The van der Waals surface area contributed by atoms with Crippen molar-refractivity contribution >= 4 is 28.9 Å². The largest absolute Gasteiger partial charge is 0.497 e. The van der Waals surface area contributed by atoms with E-state index in [9.17, 15) is 0 Å². The lowest BCUT2D eigenvalue weighted by Gasteiger charge is -2.10. The van der Waals surface area contributed by atoms with Crippen LogP contribution < -0.4 is 15.5 Å². The Morgan fingerprint density at radius 1 is 1.29 bits per heavy atom. The van der Waals surface area contributed by atoms with Gasteiger partial charge in [-0.2, -0.15) is 0 Å². The van der Waals surface area contributed by atoms with Gasteiger partial charge in [-0.1, -0.05) is 17.6 Å². The lowest BCUT2D eigenvalue weighted by Crippen LogP contribution is -2.28. The number of ether oxygens (including phenoxy) is 1. The van der Waals surface area contributed by atoms with Gasteiger partial charge in [-0.3, -0.25) is 10.4 Å². The molecular formula is C17H17N5OS. The SMILES string of the molecule is COc1cccc(N=C(Nc2cccnc2)n2sc(C)cc2=N)c1. The molecule has 3 rings (SSSR count). The van der Waals surface area contributed by atoms with Gasteiger partial charge in [-0.05, 0) is 37.3 Å². The standard InChI is InChI=1S/C17H17N5OS/c1-12-9-16(18)22(24-12)17(21-14-6-4-8-19-11-14)20-13-5-3-7-15(10-13)23-2/h3-11,18H,1-2H3,(H,20,21). The van der Waals surface area contributed by atoms with Crippen molar-refractivity contribution in [2.24, 2.45) is 4.99 Å². The summed E-state index contributed by atoms with van der Waals surface area (Å²) in [7, 11) is 1.62. The van der Waals surface area contributed by atoms with E-state index in [-0.39, 0.29) is 0 Å². The summed E-state index contributed by atoms with van der Waals surface area (Å²) in [5, 5.41) is 11.4. The average Bonchev–Trinajstić information content (AvgIpc) is 2.94. The first kappa shape index (κ1) is 15.9. The summed E-state index contributed by atoms with van der Waals surface area (Å²) in [5.41, 5.74) is 1.91. The Morgan fingerprint density at radius 3 is 2.83 bits per heavy atom. The molecule has 0 amide bonds. The average molecular weight is 339 g/mol. The highest BCUT2D eigenvalue weighted by atomic mass is 32.1. The number of benzene rings is 1. The Hall–Kier alpha value is -2.93. The maximum absolute atomic E-state index is 8.14. The third kappa shape index (κ3) is 3.69. The third-order valence-corrected chi connectivity index (χ3v) is 4.15. The zero-order chi connectivity index (χ0) is 16.9. The topological polar surface area (TPSA) is 75.3 Å². The predicted molar refractivity (Wildman–Crippen MR) is 96.2 cm³/mol. The summed E-state index contributed by atoms with van der Waals surface area (Å²) < 4.78 is 6.99. The molecule has 2 aromatic heterocycles. The Morgan fingerprint density at radius 2 is 2.17 bits per heavy atom. The van der Waals surface area contributed by atoms with Crippen LogP contribution in [0.15, 0.2) is 59.9 Å². The van der Waals surface area contributed by atoms with Gasteiger partial charge in [0.2, 0.25) is 5.96 Å². The summed E-state index contributed by atoms with van der Waals surface area (Å²) in [5.74, 6) is 1.27. The summed E-state index contributed by atoms with van der Waals surface area (Å²) in [6.45, 7) is 1.96. The third-order valence-electron chi connectivity index (χ3n) is 3.19. The van der Waals surface area contributed by atoms with Crippen LogP contribution in [0, 0.1) is 12.3 Å². The van der Waals surface area contributed by atoms with Gasteiger partial charge < -0.3 is 10.1 Å². The molecular weight excluding hydrogens is 322 g/mol. The second-order valence-electron chi connectivity index (χ2n) is 5.03. The van der Waals surface area contributed by atoms with Crippen LogP contribution in [0.25, 0.3) is 0 Å². The van der Waals surface area contributed by atoms with E-state index in [0.717, 1.165) is 22.0 Å². The number of nitrogens with one attached hydrogen (secondary N) is 2. The number of rotatable bonds is 3. The van der Waals surface area contributed by atoms with E-state index in [0.29, 0.717) is 11.4 Å². The first-order valence-corrected chi connectivity index (χ1v) is 8.08. The molecule has 2 N–H and O–H groups in total. The minimum atomic E-state index is 0.371. The van der Waals surface area contributed by atoms with Crippen LogP contribution in [0.5, 0.6) is 5.75 Å². The van der Waals surface area contributed by atoms with Crippen LogP contribution in [0.2, 0.25) is 0 Å². The van der Waals surface area contributed by atoms with Gasteiger partial charge in [0.1, 0.15) is 11.2 Å². The van der Waals surface area contributed by atoms with Crippen LogP contribution in [0.4, 0.5) is 11.4 Å². The molecule has 0 aliphatic carbocycles. The monoisotopic (exact) mass is 339 g/mol. The number of pyridine rings is 1. The zero-order valence-electron chi connectivity index (χ0n) is 13.4. The molecule has 0 unspecified atom stereocenters. The number of hydrogen-bond acceptors (Lipinski definition) is 5. The maximum atomic E-state index is 8.14. The lowest BCUT2D eigenvalue weighted by molar-refractivity contribution is 0.415. The molecule has 0 spiro atoms. The molecule has 6 nitrogen and oxygen atoms in total. The van der Waals surface area contributed by atoms with Crippen LogP contribution in [0.1, 0.15) is 4.88 Å². The van der Waals surface area contributed by atoms with E-state index >= 15 is 0 Å². The predicted octanol–water partition coefficient (Wildman–Crippen LogP) is 3.39. The number of nitrogens with zero attached hydrogens (tertiary/aromatic N) is 3. The quantitative estimate of drug-likeness (QED) is 0.567. The number of anilines is 1. The van der Waals surface area contributed by atoms with Crippen molar-refractivity contribution in [2.75, 3.05) is 12.4 Å². The van der Waals surface area contributed by atoms with Gasteiger partial charge in [-0.25, -0.2) is 8.95 Å². The van der Waals surface area contributed by atoms with Crippen molar-refractivity contribution in [3.8, 4) is 5.75 Å². The molecule has 24 heavy (non-hydrogen) atoms. The van der Waals surface area contributed by atoms with Gasteiger partial charge in [0.25, 0.3) is 0 Å². The maximum Gasteiger partial charge on any atom is 0.223 e. The highest BCUT2D eigenvalue weighted by Gasteiger charge is 2.08. The van der Waals surface area contributed by atoms with E-state index < -0.39 is 0 Å². The molecule has 0 radical (unpaired) electrons. The molecule has 122 valence electrons. The van der Waals surface area contributed by atoms with E-state index in [2.05, 4.69) is 15.3 Å². The number of aromatic nitrogens is 2. The van der Waals surface area contributed by atoms with Crippen molar-refractivity contribution in [1.29, 1.82) is 5.41 Å². The highest BCUT2D eigenvalue weighted by molar-refractivity contribution is 7.07. The zero-order valence-corrected chi connectivity index (χ0v) is 14.2. The Bertz CT molecular complexity index is 914. The molecule has 0 atom stereocenters. The highest BCUT2D eigenvalue weighted by Crippen LogP contribution is 2.20. The fourth-order valence-corrected chi connectivity index (χ4v) is 2.90. The van der Waals surface area contributed by atoms with Crippen molar-refractivity contribution in [3.05, 3.63) is 65.2 Å². The van der Waals surface area contributed by atoms with Crippen LogP contribution >= 0.6 is 11.5 Å². The fourth-order valence-electron chi connectivity index (χ4n) is 2.12. The second-order valence-corrected chi connectivity index (χ2v) is 6.22. The normalized spacial score (nSPS) is 11.3. The summed E-state index contributed by atoms with van der Waals surface area (Å²) in [6, 6.07) is 13.0. The minimum Gasteiger partial charge on any atom is -0.497 e. The summed E-state index contributed by atoms with van der Waals surface area (Å²) >= 11 is 1.46. The molecule has 0 saturated heterocycles.